The maximum absolute atomic E-state index is 13.2. The average molecular weight is 530 g/mol. The molecule has 1 aliphatic heterocycles. The molecule has 7 nitrogen and oxygen atoms in total. The van der Waals surface area contributed by atoms with E-state index < -0.39 is 11.2 Å². The summed E-state index contributed by atoms with van der Waals surface area (Å²) in [7, 11) is 0. The summed E-state index contributed by atoms with van der Waals surface area (Å²) in [6.45, 7) is 3.01. The Morgan fingerprint density at radius 3 is 2.21 bits per heavy atom. The smallest absolute Gasteiger partial charge is 0.338 e. The van der Waals surface area contributed by atoms with Crippen LogP contribution in [0, 0.1) is 0 Å². The zero-order chi connectivity index (χ0) is 26.7. The minimum atomic E-state index is -0.566. The highest BCUT2D eigenvalue weighted by molar-refractivity contribution is 8.15. The van der Waals surface area contributed by atoms with E-state index >= 15 is 0 Å². The number of thioether (sulfide) groups is 1. The van der Waals surface area contributed by atoms with Crippen molar-refractivity contribution in [3.05, 3.63) is 102 Å². The molecule has 2 amide bonds. The molecule has 196 valence electrons. The van der Waals surface area contributed by atoms with Gasteiger partial charge in [-0.15, -0.1) is 0 Å². The maximum atomic E-state index is 13.2. The van der Waals surface area contributed by atoms with Crippen molar-refractivity contribution in [3.63, 3.8) is 0 Å². The topological polar surface area (TPSA) is 88.1 Å². The second kappa shape index (κ2) is 13.6. The normalized spacial score (nSPS) is 16.3. The van der Waals surface area contributed by atoms with Crippen LogP contribution >= 0.6 is 11.8 Å². The molecule has 38 heavy (non-hydrogen) atoms. The molecule has 0 saturated carbocycles. The summed E-state index contributed by atoms with van der Waals surface area (Å²) < 4.78 is 5.05. The number of amides is 2. The highest BCUT2D eigenvalue weighted by Gasteiger charge is 2.35. The zero-order valence-electron chi connectivity index (χ0n) is 21.3. The van der Waals surface area contributed by atoms with Crippen LogP contribution in [0.5, 0.6) is 0 Å². The number of carbonyl (C=O) groups excluding carboxylic acids is 3. The van der Waals surface area contributed by atoms with Gasteiger partial charge >= 0.3 is 5.97 Å². The van der Waals surface area contributed by atoms with E-state index in [1.165, 1.54) is 11.8 Å². The number of aliphatic imine (C=N–C) groups is 1. The first-order valence-electron chi connectivity index (χ1n) is 12.7. The second-order valence-corrected chi connectivity index (χ2v) is 9.95. The molecule has 1 atom stereocenters. The molecule has 0 radical (unpaired) electrons. The molecule has 1 saturated heterocycles. The van der Waals surface area contributed by atoms with Gasteiger partial charge in [0, 0.05) is 19.5 Å². The standard InChI is InChI=1S/C30H31N3O4S/c1-2-37-29(36)24-13-15-25(16-14-24)32-30-33(20-18-23-11-7-4-8-12-23)27(34)21-26(38-30)28(35)31-19-17-22-9-5-3-6-10-22/h3-16,26H,2,17-21H2,1H3,(H,31,35). The molecule has 0 bridgehead atoms. The number of esters is 1. The number of hydrogen-bond acceptors (Lipinski definition) is 6. The summed E-state index contributed by atoms with van der Waals surface area (Å²) in [5.41, 5.74) is 3.27. The monoisotopic (exact) mass is 529 g/mol. The summed E-state index contributed by atoms with van der Waals surface area (Å²) >= 11 is 1.30. The molecule has 0 aliphatic carbocycles. The van der Waals surface area contributed by atoms with Gasteiger partial charge < -0.3 is 10.1 Å². The Morgan fingerprint density at radius 2 is 1.58 bits per heavy atom. The molecule has 3 aromatic carbocycles. The van der Waals surface area contributed by atoms with Crippen LogP contribution in [0.25, 0.3) is 0 Å². The summed E-state index contributed by atoms with van der Waals surface area (Å²) in [5, 5.41) is 2.88. The quantitative estimate of drug-likeness (QED) is 0.382. The molecule has 1 N–H and O–H groups in total. The van der Waals surface area contributed by atoms with E-state index in [4.69, 9.17) is 9.73 Å². The zero-order valence-corrected chi connectivity index (χ0v) is 22.2. The lowest BCUT2D eigenvalue weighted by molar-refractivity contribution is -0.130. The van der Waals surface area contributed by atoms with Crippen molar-refractivity contribution in [1.82, 2.24) is 10.2 Å². The van der Waals surface area contributed by atoms with Gasteiger partial charge in [-0.25, -0.2) is 9.79 Å². The molecule has 1 fully saturated rings. The highest BCUT2D eigenvalue weighted by atomic mass is 32.2. The van der Waals surface area contributed by atoms with Crippen molar-refractivity contribution in [2.75, 3.05) is 19.7 Å². The van der Waals surface area contributed by atoms with Crippen LogP contribution in [-0.2, 0) is 27.2 Å². The minimum Gasteiger partial charge on any atom is -0.462 e. The van der Waals surface area contributed by atoms with Gasteiger partial charge in [-0.2, -0.15) is 0 Å². The van der Waals surface area contributed by atoms with E-state index in [0.29, 0.717) is 42.5 Å². The Morgan fingerprint density at radius 1 is 0.947 bits per heavy atom. The number of nitrogens with one attached hydrogen (secondary N) is 1. The lowest BCUT2D eigenvalue weighted by Gasteiger charge is -2.32. The van der Waals surface area contributed by atoms with Gasteiger partial charge in [-0.05, 0) is 55.2 Å². The first-order chi connectivity index (χ1) is 18.5. The van der Waals surface area contributed by atoms with Crippen molar-refractivity contribution in [3.8, 4) is 0 Å². The Balaban J connectivity index is 1.48. The molecule has 1 unspecified atom stereocenters. The van der Waals surface area contributed by atoms with Crippen molar-refractivity contribution in [1.29, 1.82) is 0 Å². The van der Waals surface area contributed by atoms with Crippen LogP contribution in [0.1, 0.15) is 34.8 Å². The number of amidine groups is 1. The van der Waals surface area contributed by atoms with Gasteiger partial charge in [0.05, 0.1) is 23.1 Å². The molecular weight excluding hydrogens is 498 g/mol. The van der Waals surface area contributed by atoms with Gasteiger partial charge in [-0.1, -0.05) is 72.4 Å². The third-order valence-electron chi connectivity index (χ3n) is 6.06. The Hall–Kier alpha value is -3.91. The van der Waals surface area contributed by atoms with Crippen molar-refractivity contribution in [2.24, 2.45) is 4.99 Å². The van der Waals surface area contributed by atoms with Crippen molar-refractivity contribution < 1.29 is 19.1 Å². The van der Waals surface area contributed by atoms with E-state index in [9.17, 15) is 14.4 Å². The maximum Gasteiger partial charge on any atom is 0.338 e. The van der Waals surface area contributed by atoms with Crippen molar-refractivity contribution in [2.45, 2.75) is 31.4 Å². The van der Waals surface area contributed by atoms with Crippen LogP contribution in [0.4, 0.5) is 5.69 Å². The summed E-state index contributed by atoms with van der Waals surface area (Å²) in [5.74, 6) is -0.706. The Labute approximate surface area is 227 Å². The highest BCUT2D eigenvalue weighted by Crippen LogP contribution is 2.29. The predicted molar refractivity (Wildman–Crippen MR) is 151 cm³/mol. The fourth-order valence-electron chi connectivity index (χ4n) is 4.03. The third-order valence-corrected chi connectivity index (χ3v) is 7.25. The van der Waals surface area contributed by atoms with Gasteiger partial charge in [0.15, 0.2) is 5.17 Å². The first-order valence-corrected chi connectivity index (χ1v) is 13.6. The van der Waals surface area contributed by atoms with Crippen LogP contribution in [-0.4, -0.2) is 52.8 Å². The lowest BCUT2D eigenvalue weighted by atomic mass is 10.1. The molecule has 3 aromatic rings. The number of nitrogens with zero attached hydrogens (tertiary/aromatic N) is 2. The third kappa shape index (κ3) is 7.55. The second-order valence-electron chi connectivity index (χ2n) is 8.78. The van der Waals surface area contributed by atoms with Crippen LogP contribution in [0.15, 0.2) is 89.9 Å². The summed E-state index contributed by atoms with van der Waals surface area (Å²) in [6.07, 6.45) is 1.49. The summed E-state index contributed by atoms with van der Waals surface area (Å²) in [6, 6.07) is 26.6. The summed E-state index contributed by atoms with van der Waals surface area (Å²) in [4.78, 5) is 44.6. The van der Waals surface area contributed by atoms with E-state index in [-0.39, 0.29) is 18.2 Å². The molecule has 1 heterocycles. The van der Waals surface area contributed by atoms with Crippen LogP contribution in [0.3, 0.4) is 0 Å². The lowest BCUT2D eigenvalue weighted by Crippen LogP contribution is -2.47. The fraction of sp³-hybridized carbons (Fsp3) is 0.267. The van der Waals surface area contributed by atoms with E-state index in [2.05, 4.69) is 5.32 Å². The molecule has 0 spiro atoms. The van der Waals surface area contributed by atoms with E-state index in [0.717, 1.165) is 17.5 Å². The minimum absolute atomic E-state index is 0.109. The number of carbonyl (C=O) groups is 3. The van der Waals surface area contributed by atoms with Gasteiger partial charge in [0.1, 0.15) is 0 Å². The molecule has 0 aromatic heterocycles. The SMILES string of the molecule is CCOC(=O)c1ccc(N=C2SC(C(=O)NCCc3ccccc3)CC(=O)N2CCc2ccccc2)cc1. The molecule has 1 aliphatic rings. The van der Waals surface area contributed by atoms with Crippen molar-refractivity contribution >= 4 is 40.4 Å². The number of rotatable bonds is 10. The molecule has 4 rings (SSSR count). The van der Waals surface area contributed by atoms with E-state index in [1.807, 2.05) is 60.7 Å². The number of benzene rings is 3. The molecule has 8 heteroatoms. The number of hydrogen-bond donors (Lipinski definition) is 1. The van der Waals surface area contributed by atoms with Crippen LogP contribution in [0.2, 0.25) is 0 Å². The molecular formula is C30H31N3O4S. The Kier molecular flexibility index (Phi) is 9.70. The van der Waals surface area contributed by atoms with Gasteiger partial charge in [0.2, 0.25) is 11.8 Å². The van der Waals surface area contributed by atoms with Gasteiger partial charge in [0.25, 0.3) is 0 Å². The van der Waals surface area contributed by atoms with Gasteiger partial charge in [-0.3, -0.25) is 14.5 Å². The van der Waals surface area contributed by atoms with E-state index in [1.54, 1.807) is 36.1 Å². The average Bonchev–Trinajstić information content (AvgIpc) is 2.94. The largest absolute Gasteiger partial charge is 0.462 e. The fourth-order valence-corrected chi connectivity index (χ4v) is 5.18. The predicted octanol–water partition coefficient (Wildman–Crippen LogP) is 4.79. The van der Waals surface area contributed by atoms with Crippen LogP contribution < -0.4 is 5.32 Å². The Bertz CT molecular complexity index is 1260. The number of ether oxygens (including phenoxy) is 1. The first kappa shape index (κ1) is 27.1.